The average Bonchev–Trinajstić information content (AvgIpc) is 3.30. The first kappa shape index (κ1) is 30.4. The van der Waals surface area contributed by atoms with Crippen LogP contribution in [0.25, 0.3) is 5.57 Å². The van der Waals surface area contributed by atoms with E-state index in [1.54, 1.807) is 25.3 Å². The summed E-state index contributed by atoms with van der Waals surface area (Å²) in [6.45, 7) is 6.29. The van der Waals surface area contributed by atoms with Crippen LogP contribution in [0.15, 0.2) is 80.6 Å². The minimum atomic E-state index is -4.56. The molecule has 0 amide bonds. The van der Waals surface area contributed by atoms with Crippen molar-refractivity contribution in [1.29, 1.82) is 0 Å². The molecule has 0 N–H and O–H groups in total. The van der Waals surface area contributed by atoms with Gasteiger partial charge in [-0.3, -0.25) is 4.99 Å². The summed E-state index contributed by atoms with van der Waals surface area (Å²) < 4.78 is 81.8. The Labute approximate surface area is 247 Å². The topological polar surface area (TPSA) is 55.5 Å². The van der Waals surface area contributed by atoms with Gasteiger partial charge in [0.1, 0.15) is 18.1 Å². The number of fused-ring (bicyclic) bond motifs is 1. The molecule has 3 aliphatic rings. The molecule has 2 aromatic rings. The summed E-state index contributed by atoms with van der Waals surface area (Å²) in [6, 6.07) is 7.84. The van der Waals surface area contributed by atoms with Crippen molar-refractivity contribution in [1.82, 2.24) is 0 Å². The summed E-state index contributed by atoms with van der Waals surface area (Å²) in [4.78, 5) is 13.3. The van der Waals surface area contributed by atoms with Gasteiger partial charge in [-0.25, -0.2) is 18.8 Å². The monoisotopic (exact) mass is 597 g/mol. The number of nitrogens with zero attached hydrogens (tertiary/aromatic N) is 3. The van der Waals surface area contributed by atoms with Gasteiger partial charge in [0.2, 0.25) is 0 Å². The maximum Gasteiger partial charge on any atom is 0.417 e. The predicted octanol–water partition coefficient (Wildman–Crippen LogP) is 8.50. The van der Waals surface area contributed by atoms with Crippen molar-refractivity contribution >= 4 is 23.3 Å². The van der Waals surface area contributed by atoms with Crippen molar-refractivity contribution < 1.29 is 31.4 Å². The van der Waals surface area contributed by atoms with Crippen LogP contribution in [0.4, 0.5) is 22.0 Å². The first-order valence-electron chi connectivity index (χ1n) is 14.3. The van der Waals surface area contributed by atoms with E-state index in [0.29, 0.717) is 54.2 Å². The van der Waals surface area contributed by atoms with Crippen molar-refractivity contribution in [2.24, 2.45) is 20.9 Å². The fraction of sp³-hybridized carbons (Fsp3) is 0.364. The van der Waals surface area contributed by atoms with Gasteiger partial charge >= 0.3 is 6.18 Å². The van der Waals surface area contributed by atoms with Crippen molar-refractivity contribution in [2.75, 3.05) is 13.2 Å². The number of benzene rings is 2. The van der Waals surface area contributed by atoms with Crippen LogP contribution in [0.5, 0.6) is 5.75 Å². The molecule has 5 rings (SSSR count). The van der Waals surface area contributed by atoms with Crippen LogP contribution in [0, 0.1) is 17.6 Å². The van der Waals surface area contributed by atoms with Crippen molar-refractivity contribution in [3.8, 4) is 5.75 Å². The van der Waals surface area contributed by atoms with E-state index in [0.717, 1.165) is 18.6 Å². The first-order valence-corrected chi connectivity index (χ1v) is 14.3. The Morgan fingerprint density at radius 2 is 1.91 bits per heavy atom. The van der Waals surface area contributed by atoms with Crippen LogP contribution in [0.3, 0.4) is 0 Å². The molecule has 0 fully saturated rings. The second kappa shape index (κ2) is 12.7. The zero-order chi connectivity index (χ0) is 30.7. The highest BCUT2D eigenvalue weighted by Gasteiger charge is 2.35. The molecule has 43 heavy (non-hydrogen) atoms. The van der Waals surface area contributed by atoms with Gasteiger partial charge in [-0.2, -0.15) is 13.2 Å². The second-order valence-corrected chi connectivity index (χ2v) is 11.0. The van der Waals surface area contributed by atoms with E-state index in [4.69, 9.17) is 9.47 Å². The molecule has 10 heteroatoms. The van der Waals surface area contributed by atoms with Gasteiger partial charge in [0.05, 0.1) is 35.2 Å². The van der Waals surface area contributed by atoms with E-state index in [9.17, 15) is 22.0 Å². The van der Waals surface area contributed by atoms with E-state index in [-0.39, 0.29) is 41.3 Å². The van der Waals surface area contributed by atoms with Gasteiger partial charge in [-0.15, -0.1) is 0 Å². The standard InChI is InChI=1S/C33H32F5N3O2/c1-4-19(2)17-42-23-11-12-24(27(15-23)33(36,37)38)26-14-22(43-18-20(26)3)10-8-21-9-13-29-30(16-39-21)41-32(40-29)25-6-5-7-28(34)31(25)35/h5-7,11-16,19,21H,4,8-10,17-18H2,1-3H3. The van der Waals surface area contributed by atoms with E-state index in [1.807, 2.05) is 19.9 Å². The summed E-state index contributed by atoms with van der Waals surface area (Å²) >= 11 is 0. The fourth-order valence-corrected chi connectivity index (χ4v) is 4.89. The second-order valence-electron chi connectivity index (χ2n) is 11.0. The molecule has 5 nitrogen and oxygen atoms in total. The number of amidine groups is 1. The van der Waals surface area contributed by atoms with Crippen molar-refractivity contribution in [2.45, 2.75) is 58.7 Å². The van der Waals surface area contributed by atoms with Crippen LogP contribution in [-0.4, -0.2) is 37.0 Å². The molecule has 0 radical (unpaired) electrons. The molecule has 0 saturated carbocycles. The Bertz CT molecular complexity index is 1580. The maximum atomic E-state index is 14.2. The molecular formula is C33H32F5N3O2. The first-order chi connectivity index (χ1) is 20.5. The maximum absolute atomic E-state index is 14.2. The molecule has 226 valence electrons. The van der Waals surface area contributed by atoms with Crippen LogP contribution in [0.1, 0.15) is 63.1 Å². The number of halogens is 5. The number of aliphatic imine (C=N–C) groups is 3. The third-order valence-corrected chi connectivity index (χ3v) is 7.68. The fourth-order valence-electron chi connectivity index (χ4n) is 4.89. The van der Waals surface area contributed by atoms with E-state index in [2.05, 4.69) is 15.0 Å². The Morgan fingerprint density at radius 3 is 2.67 bits per heavy atom. The molecule has 0 aromatic heterocycles. The predicted molar refractivity (Wildman–Crippen MR) is 158 cm³/mol. The van der Waals surface area contributed by atoms with E-state index in [1.165, 1.54) is 18.2 Å². The number of rotatable bonds is 9. The van der Waals surface area contributed by atoms with Crippen LogP contribution >= 0.6 is 0 Å². The Hall–Kier alpha value is -4.08. The number of hydrogen-bond donors (Lipinski definition) is 0. The quantitative estimate of drug-likeness (QED) is 0.272. The van der Waals surface area contributed by atoms with Crippen LogP contribution < -0.4 is 4.74 Å². The van der Waals surface area contributed by atoms with Crippen molar-refractivity contribution in [3.05, 3.63) is 93.9 Å². The number of allylic oxidation sites excluding steroid dienone is 4. The highest BCUT2D eigenvalue weighted by atomic mass is 19.4. The molecule has 2 atom stereocenters. The minimum Gasteiger partial charge on any atom is -0.494 e. The number of alkyl halides is 3. The van der Waals surface area contributed by atoms with E-state index >= 15 is 0 Å². The molecule has 0 bridgehead atoms. The average molecular weight is 598 g/mol. The molecule has 0 saturated heterocycles. The summed E-state index contributed by atoms with van der Waals surface area (Å²) in [7, 11) is 0. The lowest BCUT2D eigenvalue weighted by Gasteiger charge is -2.23. The zero-order valence-corrected chi connectivity index (χ0v) is 24.1. The lowest BCUT2D eigenvalue weighted by Crippen LogP contribution is -2.14. The molecule has 0 spiro atoms. The van der Waals surface area contributed by atoms with Gasteiger partial charge in [0, 0.05) is 12.6 Å². The summed E-state index contributed by atoms with van der Waals surface area (Å²) in [5.41, 5.74) is 1.52. The lowest BCUT2D eigenvalue weighted by atomic mass is 9.93. The lowest BCUT2D eigenvalue weighted by molar-refractivity contribution is -0.137. The van der Waals surface area contributed by atoms with Crippen LogP contribution in [0.2, 0.25) is 0 Å². The van der Waals surface area contributed by atoms with Gasteiger partial charge in [0.15, 0.2) is 17.5 Å². The SMILES string of the molecule is CCC(C)COc1ccc(C2=C(C)COC(CCC3CC=C4N=C(c5cccc(F)c5F)N=C4C=N3)=C2)c(C(F)(F)F)c1. The Balaban J connectivity index is 1.28. The highest BCUT2D eigenvalue weighted by molar-refractivity contribution is 6.43. The summed E-state index contributed by atoms with van der Waals surface area (Å²) in [5, 5.41) is 0. The molecular weight excluding hydrogens is 565 g/mol. The largest absolute Gasteiger partial charge is 0.494 e. The summed E-state index contributed by atoms with van der Waals surface area (Å²) in [6.07, 6.45) is 3.00. The van der Waals surface area contributed by atoms with Gasteiger partial charge in [-0.05, 0) is 72.7 Å². The van der Waals surface area contributed by atoms with Gasteiger partial charge in [0.25, 0.3) is 0 Å². The minimum absolute atomic E-state index is 0.0195. The molecule has 0 aliphatic carbocycles. The molecule has 2 aromatic carbocycles. The van der Waals surface area contributed by atoms with E-state index < -0.39 is 23.4 Å². The Morgan fingerprint density at radius 1 is 1.09 bits per heavy atom. The van der Waals surface area contributed by atoms with Gasteiger partial charge < -0.3 is 9.47 Å². The third-order valence-electron chi connectivity index (χ3n) is 7.68. The molecule has 3 aliphatic heterocycles. The highest BCUT2D eigenvalue weighted by Crippen LogP contribution is 2.40. The molecule has 2 unspecified atom stereocenters. The van der Waals surface area contributed by atoms with Crippen LogP contribution in [-0.2, 0) is 10.9 Å². The smallest absolute Gasteiger partial charge is 0.417 e. The zero-order valence-electron chi connectivity index (χ0n) is 24.1. The normalized spacial score (nSPS) is 19.1. The van der Waals surface area contributed by atoms with Gasteiger partial charge in [-0.1, -0.05) is 38.5 Å². The Kier molecular flexibility index (Phi) is 8.94. The van der Waals surface area contributed by atoms with Crippen molar-refractivity contribution in [3.63, 3.8) is 0 Å². The molecule has 3 heterocycles. The third kappa shape index (κ3) is 6.95. The summed E-state index contributed by atoms with van der Waals surface area (Å²) in [5.74, 6) is -0.880. The number of hydrogen-bond acceptors (Lipinski definition) is 5. The number of ether oxygens (including phenoxy) is 2.